The molecule has 0 amide bonds. The Morgan fingerprint density at radius 3 is 2.75 bits per heavy atom. The Balaban J connectivity index is 2.57. The zero-order chi connectivity index (χ0) is 5.98. The molecule has 0 aliphatic carbocycles. The molecule has 1 atom stereocenters. The maximum Gasteiger partial charge on any atom is 0.136 e. The van der Waals surface area contributed by atoms with E-state index in [-0.39, 0.29) is 0 Å². The minimum Gasteiger partial charge on any atom is -0.279 e. The lowest BCUT2D eigenvalue weighted by Gasteiger charge is -1.87. The van der Waals surface area contributed by atoms with E-state index in [4.69, 9.17) is 5.14 Å². The van der Waals surface area contributed by atoms with Crippen molar-refractivity contribution in [1.82, 2.24) is 0 Å². The summed E-state index contributed by atoms with van der Waals surface area (Å²) in [6.07, 6.45) is 1.83. The van der Waals surface area contributed by atoms with Gasteiger partial charge in [-0.05, 0) is 6.42 Å². The second-order valence-corrected chi connectivity index (χ2v) is 2.74. The van der Waals surface area contributed by atoms with Crippen LogP contribution in [0.3, 0.4) is 0 Å². The van der Waals surface area contributed by atoms with Crippen LogP contribution < -0.4 is 5.14 Å². The largest absolute Gasteiger partial charge is 0.279 e. The molecule has 1 rings (SSSR count). The minimum atomic E-state index is -1.29. The van der Waals surface area contributed by atoms with E-state index in [0.717, 1.165) is 19.4 Å². The molecule has 1 heterocycles. The lowest BCUT2D eigenvalue weighted by atomic mass is 10.4. The highest BCUT2D eigenvalue weighted by molar-refractivity contribution is 7.98. The van der Waals surface area contributed by atoms with Gasteiger partial charge < -0.3 is 0 Å². The van der Waals surface area contributed by atoms with Crippen LogP contribution in [0.5, 0.6) is 0 Å². The molecule has 1 unspecified atom stereocenters. The number of nitrogens with two attached hydrogens (primary N) is 1. The van der Waals surface area contributed by atoms with E-state index in [1.54, 1.807) is 0 Å². The Bertz CT molecular complexity index is 143. The molecule has 0 aromatic rings. The molecule has 0 saturated heterocycles. The first kappa shape index (κ1) is 5.91. The second-order valence-electron chi connectivity index (χ2n) is 1.68. The van der Waals surface area contributed by atoms with Crippen molar-refractivity contribution in [2.45, 2.75) is 12.8 Å². The van der Waals surface area contributed by atoms with Gasteiger partial charge in [-0.15, -0.1) is 0 Å². The standard InChI is InChI=1S/C4H8N2OS/c5-8(7)4-2-1-3-6-4/h1-3,5H2. The van der Waals surface area contributed by atoms with Crippen LogP contribution in [0.1, 0.15) is 12.8 Å². The van der Waals surface area contributed by atoms with Crippen LogP contribution in [-0.2, 0) is 11.0 Å². The van der Waals surface area contributed by atoms with Gasteiger partial charge in [0.1, 0.15) is 16.0 Å². The van der Waals surface area contributed by atoms with Crippen molar-refractivity contribution in [3.63, 3.8) is 0 Å². The van der Waals surface area contributed by atoms with Crippen LogP contribution in [0.2, 0.25) is 0 Å². The molecule has 8 heavy (non-hydrogen) atoms. The van der Waals surface area contributed by atoms with Crippen LogP contribution in [0.25, 0.3) is 0 Å². The van der Waals surface area contributed by atoms with E-state index in [0.29, 0.717) is 5.04 Å². The fourth-order valence-electron chi connectivity index (χ4n) is 0.677. The lowest BCUT2D eigenvalue weighted by molar-refractivity contribution is 0.690. The van der Waals surface area contributed by atoms with Crippen molar-refractivity contribution in [3.05, 3.63) is 0 Å². The molecule has 0 spiro atoms. The van der Waals surface area contributed by atoms with Gasteiger partial charge in [-0.25, -0.2) is 9.35 Å². The maximum absolute atomic E-state index is 10.4. The first-order chi connectivity index (χ1) is 3.80. The van der Waals surface area contributed by atoms with E-state index >= 15 is 0 Å². The molecule has 0 saturated carbocycles. The van der Waals surface area contributed by atoms with Crippen molar-refractivity contribution in [1.29, 1.82) is 0 Å². The highest BCUT2D eigenvalue weighted by atomic mass is 32.2. The molecule has 0 bridgehead atoms. The average Bonchev–Trinajstić information content (AvgIpc) is 2.12. The van der Waals surface area contributed by atoms with Gasteiger partial charge in [-0.3, -0.25) is 4.99 Å². The lowest BCUT2D eigenvalue weighted by Crippen LogP contribution is -2.12. The molecule has 0 fully saturated rings. The highest BCUT2D eigenvalue weighted by Crippen LogP contribution is 2.03. The molecule has 1 aliphatic rings. The van der Waals surface area contributed by atoms with Crippen molar-refractivity contribution in [2.75, 3.05) is 6.54 Å². The van der Waals surface area contributed by atoms with Crippen molar-refractivity contribution < 1.29 is 4.21 Å². The first-order valence-corrected chi connectivity index (χ1v) is 3.71. The van der Waals surface area contributed by atoms with Crippen molar-refractivity contribution in [2.24, 2.45) is 10.1 Å². The number of nitrogens with zero attached hydrogens (tertiary/aromatic N) is 1. The summed E-state index contributed by atoms with van der Waals surface area (Å²) in [6.45, 7) is 0.804. The van der Waals surface area contributed by atoms with Gasteiger partial charge in [0, 0.05) is 13.0 Å². The summed E-state index contributed by atoms with van der Waals surface area (Å²) in [5, 5.41) is 5.71. The molecule has 4 heteroatoms. The monoisotopic (exact) mass is 132 g/mol. The normalized spacial score (nSPS) is 22.9. The van der Waals surface area contributed by atoms with Gasteiger partial charge in [0.15, 0.2) is 0 Å². The van der Waals surface area contributed by atoms with E-state index in [9.17, 15) is 4.21 Å². The van der Waals surface area contributed by atoms with Gasteiger partial charge in [-0.2, -0.15) is 0 Å². The van der Waals surface area contributed by atoms with E-state index in [1.165, 1.54) is 0 Å². The summed E-state index contributed by atoms with van der Waals surface area (Å²) in [7, 11) is -1.29. The molecule has 2 N–H and O–H groups in total. The fraction of sp³-hybridized carbons (Fsp3) is 0.750. The summed E-state index contributed by atoms with van der Waals surface area (Å²) in [4.78, 5) is 3.93. The quantitative estimate of drug-likeness (QED) is 0.487. The highest BCUT2D eigenvalue weighted by Gasteiger charge is 2.08. The Hall–Kier alpha value is -0.220. The molecular formula is C4H8N2OS. The van der Waals surface area contributed by atoms with Gasteiger partial charge >= 0.3 is 0 Å². The van der Waals surface area contributed by atoms with Crippen LogP contribution in [0.15, 0.2) is 4.99 Å². The number of rotatable bonds is 0. The van der Waals surface area contributed by atoms with E-state index in [2.05, 4.69) is 4.99 Å². The molecule has 0 aromatic carbocycles. The molecular weight excluding hydrogens is 124 g/mol. The van der Waals surface area contributed by atoms with Gasteiger partial charge in [0.25, 0.3) is 0 Å². The summed E-state index contributed by atoms with van der Waals surface area (Å²) < 4.78 is 10.4. The number of hydrogen-bond donors (Lipinski definition) is 1. The third kappa shape index (κ3) is 1.14. The zero-order valence-corrected chi connectivity index (χ0v) is 5.28. The number of hydrogen-bond acceptors (Lipinski definition) is 2. The van der Waals surface area contributed by atoms with Crippen LogP contribution in [-0.4, -0.2) is 15.8 Å². The third-order valence-corrected chi connectivity index (χ3v) is 1.87. The zero-order valence-electron chi connectivity index (χ0n) is 4.46. The maximum atomic E-state index is 10.4. The molecule has 0 aromatic heterocycles. The second kappa shape index (κ2) is 2.37. The number of aliphatic imine (C=N–C) groups is 1. The van der Waals surface area contributed by atoms with Gasteiger partial charge in [0.05, 0.1) is 0 Å². The summed E-state index contributed by atoms with van der Waals surface area (Å²) >= 11 is 0. The van der Waals surface area contributed by atoms with Crippen LogP contribution >= 0.6 is 0 Å². The van der Waals surface area contributed by atoms with Crippen LogP contribution in [0.4, 0.5) is 0 Å². The van der Waals surface area contributed by atoms with E-state index in [1.807, 2.05) is 0 Å². The average molecular weight is 132 g/mol. The third-order valence-electron chi connectivity index (χ3n) is 1.07. The molecule has 3 nitrogen and oxygen atoms in total. The summed E-state index contributed by atoms with van der Waals surface area (Å²) in [6, 6.07) is 0. The summed E-state index contributed by atoms with van der Waals surface area (Å²) in [5.41, 5.74) is 0. The minimum absolute atomic E-state index is 0.671. The van der Waals surface area contributed by atoms with Gasteiger partial charge in [-0.1, -0.05) is 0 Å². The Kier molecular flexibility index (Phi) is 1.75. The molecule has 0 radical (unpaired) electrons. The Morgan fingerprint density at radius 2 is 2.50 bits per heavy atom. The SMILES string of the molecule is NS(=O)C1=NCCC1. The Morgan fingerprint density at radius 1 is 1.75 bits per heavy atom. The summed E-state index contributed by atoms with van der Waals surface area (Å²) in [5.74, 6) is 0. The van der Waals surface area contributed by atoms with Crippen molar-refractivity contribution >= 4 is 16.0 Å². The topological polar surface area (TPSA) is 55.5 Å². The first-order valence-electron chi connectivity index (χ1n) is 2.50. The predicted octanol–water partition coefficient (Wildman–Crippen LogP) is -0.199. The molecule has 1 aliphatic heterocycles. The van der Waals surface area contributed by atoms with Crippen LogP contribution in [0, 0.1) is 0 Å². The van der Waals surface area contributed by atoms with Gasteiger partial charge in [0.2, 0.25) is 0 Å². The predicted molar refractivity (Wildman–Crippen MR) is 33.9 cm³/mol. The fourth-order valence-corrected chi connectivity index (χ4v) is 1.24. The smallest absolute Gasteiger partial charge is 0.136 e. The van der Waals surface area contributed by atoms with E-state index < -0.39 is 11.0 Å². The van der Waals surface area contributed by atoms with Crippen molar-refractivity contribution in [3.8, 4) is 0 Å². The Labute approximate surface area is 50.6 Å². The molecule has 46 valence electrons.